The van der Waals surface area contributed by atoms with Gasteiger partial charge in [0.1, 0.15) is 13.1 Å². The van der Waals surface area contributed by atoms with Crippen molar-refractivity contribution in [3.05, 3.63) is 0 Å². The Labute approximate surface area is 116 Å². The number of nitrogens with two attached hydrogens (primary N) is 1. The minimum absolute atomic E-state index is 0.0288. The predicted molar refractivity (Wildman–Crippen MR) is 72.5 cm³/mol. The summed E-state index contributed by atoms with van der Waals surface area (Å²) in [5.74, 6) is 6.38. The van der Waals surface area contributed by atoms with Gasteiger partial charge in [-0.05, 0) is 12.8 Å². The Morgan fingerprint density at radius 3 is 2.35 bits per heavy atom. The zero-order valence-corrected chi connectivity index (χ0v) is 11.0. The van der Waals surface area contributed by atoms with Crippen LogP contribution in [0.25, 0.3) is 0 Å². The Hall–Kier alpha value is -2.65. The standard InChI is InChI=1S/C11H15N9/c12-3-7-20(8-4-13)11-16-9(18-14)15-10(17-11)19-5-1-2-6-19/h1-2,5-8,14H2,(H,15,16,17,18). The fourth-order valence-corrected chi connectivity index (χ4v) is 1.99. The van der Waals surface area contributed by atoms with Crippen molar-refractivity contribution in [3.8, 4) is 12.1 Å². The number of nitrogens with one attached hydrogen (secondary N) is 1. The van der Waals surface area contributed by atoms with Crippen molar-refractivity contribution in [2.24, 2.45) is 5.84 Å². The van der Waals surface area contributed by atoms with Gasteiger partial charge in [0.15, 0.2) is 0 Å². The topological polar surface area (TPSA) is 131 Å². The van der Waals surface area contributed by atoms with E-state index in [1.165, 1.54) is 4.90 Å². The Bertz CT molecular complexity index is 522. The summed E-state index contributed by atoms with van der Waals surface area (Å²) in [5.41, 5.74) is 2.39. The Morgan fingerprint density at radius 1 is 1.15 bits per heavy atom. The number of hydrazine groups is 1. The third-order valence-electron chi connectivity index (χ3n) is 2.94. The highest BCUT2D eigenvalue weighted by atomic mass is 15.4. The number of nitriles is 2. The van der Waals surface area contributed by atoms with E-state index in [4.69, 9.17) is 16.4 Å². The van der Waals surface area contributed by atoms with Crippen molar-refractivity contribution in [3.63, 3.8) is 0 Å². The van der Waals surface area contributed by atoms with Gasteiger partial charge in [-0.25, -0.2) is 5.84 Å². The van der Waals surface area contributed by atoms with E-state index < -0.39 is 0 Å². The van der Waals surface area contributed by atoms with Crippen LogP contribution in [0.5, 0.6) is 0 Å². The molecule has 1 aliphatic rings. The van der Waals surface area contributed by atoms with Gasteiger partial charge in [0, 0.05) is 13.1 Å². The van der Waals surface area contributed by atoms with Crippen LogP contribution in [0.4, 0.5) is 17.8 Å². The molecule has 9 heteroatoms. The van der Waals surface area contributed by atoms with E-state index in [0.717, 1.165) is 25.9 Å². The number of hydrogen-bond donors (Lipinski definition) is 2. The summed E-state index contributed by atoms with van der Waals surface area (Å²) in [6.07, 6.45) is 2.18. The van der Waals surface area contributed by atoms with E-state index in [0.29, 0.717) is 5.95 Å². The highest BCUT2D eigenvalue weighted by Crippen LogP contribution is 2.19. The second-order valence-electron chi connectivity index (χ2n) is 4.27. The van der Waals surface area contributed by atoms with Crippen LogP contribution in [0.1, 0.15) is 12.8 Å². The van der Waals surface area contributed by atoms with Gasteiger partial charge >= 0.3 is 0 Å². The predicted octanol–water partition coefficient (Wildman–Crippen LogP) is -0.389. The molecule has 1 aromatic heterocycles. The number of nitrogens with zero attached hydrogens (tertiary/aromatic N) is 7. The number of nitrogen functional groups attached to an aromatic ring is 1. The summed E-state index contributed by atoms with van der Waals surface area (Å²) in [6, 6.07) is 3.97. The van der Waals surface area contributed by atoms with E-state index in [-0.39, 0.29) is 25.0 Å². The monoisotopic (exact) mass is 273 g/mol. The van der Waals surface area contributed by atoms with E-state index in [9.17, 15) is 0 Å². The van der Waals surface area contributed by atoms with Crippen LogP contribution in [0.2, 0.25) is 0 Å². The molecule has 0 aromatic carbocycles. The van der Waals surface area contributed by atoms with Crippen LogP contribution in [0, 0.1) is 22.7 Å². The van der Waals surface area contributed by atoms with E-state index in [2.05, 4.69) is 20.4 Å². The van der Waals surface area contributed by atoms with Crippen LogP contribution in [0.3, 0.4) is 0 Å². The van der Waals surface area contributed by atoms with Crippen molar-refractivity contribution >= 4 is 17.8 Å². The normalized spacial score (nSPS) is 13.7. The molecule has 0 aliphatic carbocycles. The molecule has 0 saturated carbocycles. The molecule has 2 rings (SSSR count). The maximum absolute atomic E-state index is 8.81. The van der Waals surface area contributed by atoms with Gasteiger partial charge in [0.25, 0.3) is 0 Å². The van der Waals surface area contributed by atoms with Crippen molar-refractivity contribution < 1.29 is 0 Å². The molecule has 1 fully saturated rings. The van der Waals surface area contributed by atoms with Crippen molar-refractivity contribution in [2.45, 2.75) is 12.8 Å². The minimum atomic E-state index is 0.0288. The van der Waals surface area contributed by atoms with E-state index in [1.807, 2.05) is 17.0 Å². The quantitative estimate of drug-likeness (QED) is 0.418. The summed E-state index contributed by atoms with van der Waals surface area (Å²) in [7, 11) is 0. The number of hydrogen-bond acceptors (Lipinski definition) is 9. The van der Waals surface area contributed by atoms with Gasteiger partial charge in [-0.2, -0.15) is 25.5 Å². The molecule has 1 aliphatic heterocycles. The molecular formula is C11H15N9. The van der Waals surface area contributed by atoms with Crippen LogP contribution in [-0.2, 0) is 0 Å². The SMILES string of the molecule is N#CCN(CC#N)c1nc(NN)nc(N2CCCC2)n1. The van der Waals surface area contributed by atoms with Crippen LogP contribution in [-0.4, -0.2) is 41.1 Å². The molecule has 2 heterocycles. The average Bonchev–Trinajstić information content (AvgIpc) is 3.01. The summed E-state index contributed by atoms with van der Waals surface area (Å²) in [4.78, 5) is 16.1. The number of anilines is 3. The molecule has 0 radical (unpaired) electrons. The fourth-order valence-electron chi connectivity index (χ4n) is 1.99. The first-order chi connectivity index (χ1) is 9.78. The van der Waals surface area contributed by atoms with Crippen LogP contribution < -0.4 is 21.1 Å². The molecule has 3 N–H and O–H groups in total. The molecule has 20 heavy (non-hydrogen) atoms. The molecule has 0 bridgehead atoms. The second-order valence-corrected chi connectivity index (χ2v) is 4.27. The van der Waals surface area contributed by atoms with Gasteiger partial charge in [-0.15, -0.1) is 0 Å². The molecular weight excluding hydrogens is 258 g/mol. The van der Waals surface area contributed by atoms with E-state index >= 15 is 0 Å². The Morgan fingerprint density at radius 2 is 1.80 bits per heavy atom. The molecule has 9 nitrogen and oxygen atoms in total. The average molecular weight is 273 g/mol. The van der Waals surface area contributed by atoms with Gasteiger partial charge in [-0.1, -0.05) is 0 Å². The maximum atomic E-state index is 8.81. The molecule has 104 valence electrons. The lowest BCUT2D eigenvalue weighted by Gasteiger charge is -2.20. The lowest BCUT2D eigenvalue weighted by atomic mass is 10.4. The van der Waals surface area contributed by atoms with Gasteiger partial charge < -0.3 is 9.80 Å². The third kappa shape index (κ3) is 3.02. The summed E-state index contributed by atoms with van der Waals surface area (Å²) < 4.78 is 0. The fraction of sp³-hybridized carbons (Fsp3) is 0.545. The largest absolute Gasteiger partial charge is 0.341 e. The molecule has 1 saturated heterocycles. The highest BCUT2D eigenvalue weighted by molar-refractivity contribution is 5.46. The molecule has 0 spiro atoms. The Kier molecular flexibility index (Phi) is 4.47. The van der Waals surface area contributed by atoms with Crippen LogP contribution in [0.15, 0.2) is 0 Å². The first kappa shape index (κ1) is 13.8. The zero-order valence-electron chi connectivity index (χ0n) is 11.0. The summed E-state index contributed by atoms with van der Waals surface area (Å²) >= 11 is 0. The maximum Gasteiger partial charge on any atom is 0.243 e. The second kappa shape index (κ2) is 6.50. The minimum Gasteiger partial charge on any atom is -0.341 e. The molecule has 0 atom stereocenters. The van der Waals surface area contributed by atoms with Crippen molar-refractivity contribution in [2.75, 3.05) is 41.4 Å². The zero-order chi connectivity index (χ0) is 14.4. The lowest BCUT2D eigenvalue weighted by molar-refractivity contribution is 0.838. The van der Waals surface area contributed by atoms with Gasteiger partial charge in [-0.3, -0.25) is 5.43 Å². The summed E-state index contributed by atoms with van der Waals surface area (Å²) in [6.45, 7) is 1.82. The summed E-state index contributed by atoms with van der Waals surface area (Å²) in [5, 5.41) is 17.6. The van der Waals surface area contributed by atoms with Gasteiger partial charge in [0.05, 0.1) is 12.1 Å². The van der Waals surface area contributed by atoms with Gasteiger partial charge in [0.2, 0.25) is 17.8 Å². The Balaban J connectivity index is 2.33. The smallest absolute Gasteiger partial charge is 0.243 e. The number of aromatic nitrogens is 3. The highest BCUT2D eigenvalue weighted by Gasteiger charge is 2.19. The lowest BCUT2D eigenvalue weighted by Crippen LogP contribution is -2.29. The molecule has 0 unspecified atom stereocenters. The van der Waals surface area contributed by atoms with E-state index in [1.54, 1.807) is 0 Å². The molecule has 0 amide bonds. The molecule has 1 aromatic rings. The number of rotatable bonds is 5. The third-order valence-corrected chi connectivity index (χ3v) is 2.94. The first-order valence-corrected chi connectivity index (χ1v) is 6.25. The first-order valence-electron chi connectivity index (χ1n) is 6.25. The van der Waals surface area contributed by atoms with Crippen molar-refractivity contribution in [1.82, 2.24) is 15.0 Å². The van der Waals surface area contributed by atoms with Crippen molar-refractivity contribution in [1.29, 1.82) is 10.5 Å². The van der Waals surface area contributed by atoms with Crippen LogP contribution >= 0.6 is 0 Å².